The summed E-state index contributed by atoms with van der Waals surface area (Å²) >= 11 is 1.22. The van der Waals surface area contributed by atoms with Crippen LogP contribution in [0.5, 0.6) is 0 Å². The molecule has 104 valence electrons. The molecule has 0 radical (unpaired) electrons. The van der Waals surface area contributed by atoms with Gasteiger partial charge in [0, 0.05) is 0 Å². The van der Waals surface area contributed by atoms with Gasteiger partial charge in [0.15, 0.2) is 6.10 Å². The van der Waals surface area contributed by atoms with Gasteiger partial charge in [-0.3, -0.25) is 4.79 Å². The predicted octanol–water partition coefficient (Wildman–Crippen LogP) is 3.07. The average Bonchev–Trinajstić information content (AvgIpc) is 2.95. The maximum absolute atomic E-state index is 13.4. The number of thiophene rings is 1. The Bertz CT molecular complexity index is 613. The summed E-state index contributed by atoms with van der Waals surface area (Å²) < 4.78 is 18.4. The Hall–Kier alpha value is -2.21. The monoisotopic (exact) mass is 293 g/mol. The molecule has 1 unspecified atom stereocenters. The van der Waals surface area contributed by atoms with E-state index < -0.39 is 23.8 Å². The van der Waals surface area contributed by atoms with Crippen LogP contribution in [0.1, 0.15) is 16.6 Å². The van der Waals surface area contributed by atoms with E-state index in [1.807, 2.05) is 0 Å². The Balaban J connectivity index is 1.96. The zero-order valence-corrected chi connectivity index (χ0v) is 11.4. The maximum Gasteiger partial charge on any atom is 0.349 e. The van der Waals surface area contributed by atoms with Gasteiger partial charge in [-0.15, -0.1) is 11.3 Å². The Morgan fingerprint density at radius 2 is 2.00 bits per heavy atom. The molecule has 0 aliphatic rings. The smallest absolute Gasteiger partial charge is 0.349 e. The molecule has 2 aromatic rings. The minimum Gasteiger partial charge on any atom is -0.448 e. The molecule has 1 atom stereocenters. The molecule has 20 heavy (non-hydrogen) atoms. The van der Waals surface area contributed by atoms with Crippen LogP contribution in [0.3, 0.4) is 0 Å². The number of benzene rings is 1. The summed E-state index contributed by atoms with van der Waals surface area (Å²) in [5.74, 6) is -1.70. The normalized spacial score (nSPS) is 11.7. The van der Waals surface area contributed by atoms with Gasteiger partial charge >= 0.3 is 5.97 Å². The van der Waals surface area contributed by atoms with Crippen LogP contribution in [0, 0.1) is 5.82 Å². The highest BCUT2D eigenvalue weighted by Gasteiger charge is 2.20. The first-order chi connectivity index (χ1) is 9.58. The van der Waals surface area contributed by atoms with Crippen LogP contribution < -0.4 is 5.32 Å². The van der Waals surface area contributed by atoms with Crippen molar-refractivity contribution in [2.75, 3.05) is 5.32 Å². The van der Waals surface area contributed by atoms with Crippen LogP contribution in [0.15, 0.2) is 41.8 Å². The van der Waals surface area contributed by atoms with Crippen molar-refractivity contribution in [3.05, 3.63) is 52.5 Å². The number of hydrogen-bond donors (Lipinski definition) is 1. The Morgan fingerprint density at radius 3 is 2.65 bits per heavy atom. The standard InChI is InChI=1S/C14H12FNO3S/c1-9(19-14(18)12-7-4-8-20-12)13(17)16-11-6-3-2-5-10(11)15/h2-9H,1H3,(H,16,17). The summed E-state index contributed by atoms with van der Waals surface area (Å²) in [7, 11) is 0. The number of anilines is 1. The minimum absolute atomic E-state index is 0.0523. The molecule has 0 saturated carbocycles. The zero-order chi connectivity index (χ0) is 14.5. The lowest BCUT2D eigenvalue weighted by atomic mass is 10.3. The Kier molecular flexibility index (Phi) is 4.47. The molecular weight excluding hydrogens is 281 g/mol. The molecule has 0 spiro atoms. The van der Waals surface area contributed by atoms with E-state index in [1.54, 1.807) is 23.6 Å². The summed E-state index contributed by atoms with van der Waals surface area (Å²) in [5, 5.41) is 4.11. The molecule has 0 saturated heterocycles. The molecule has 1 N–H and O–H groups in total. The molecule has 0 aliphatic heterocycles. The Labute approximate surface area is 119 Å². The molecule has 1 aromatic carbocycles. The van der Waals surface area contributed by atoms with E-state index in [1.165, 1.54) is 36.5 Å². The quantitative estimate of drug-likeness (QED) is 0.881. The molecule has 6 heteroatoms. The molecule has 1 heterocycles. The van der Waals surface area contributed by atoms with E-state index in [4.69, 9.17) is 4.74 Å². The predicted molar refractivity (Wildman–Crippen MR) is 74.2 cm³/mol. The van der Waals surface area contributed by atoms with Gasteiger partial charge in [-0.25, -0.2) is 9.18 Å². The average molecular weight is 293 g/mol. The topological polar surface area (TPSA) is 55.4 Å². The van der Waals surface area contributed by atoms with Crippen LogP contribution in [-0.4, -0.2) is 18.0 Å². The number of para-hydroxylation sites is 1. The summed E-state index contributed by atoms with van der Waals surface area (Å²) in [6, 6.07) is 9.10. The van der Waals surface area contributed by atoms with Crippen molar-refractivity contribution < 1.29 is 18.7 Å². The lowest BCUT2D eigenvalue weighted by Gasteiger charge is -2.13. The third-order valence-corrected chi connectivity index (χ3v) is 3.36. The van der Waals surface area contributed by atoms with Gasteiger partial charge < -0.3 is 10.1 Å². The lowest BCUT2D eigenvalue weighted by molar-refractivity contribution is -0.123. The number of amides is 1. The van der Waals surface area contributed by atoms with Crippen LogP contribution in [0.25, 0.3) is 0 Å². The first kappa shape index (κ1) is 14.2. The van der Waals surface area contributed by atoms with Crippen LogP contribution in [0.2, 0.25) is 0 Å². The molecule has 2 rings (SSSR count). The number of nitrogens with one attached hydrogen (secondary N) is 1. The molecular formula is C14H12FNO3S. The molecule has 0 bridgehead atoms. The third kappa shape index (κ3) is 3.42. The van der Waals surface area contributed by atoms with Crippen LogP contribution in [0.4, 0.5) is 10.1 Å². The molecule has 0 fully saturated rings. The summed E-state index contributed by atoms with van der Waals surface area (Å²) in [6.45, 7) is 1.43. The molecule has 1 aromatic heterocycles. The number of halogens is 1. The van der Waals surface area contributed by atoms with Crippen LogP contribution in [-0.2, 0) is 9.53 Å². The van der Waals surface area contributed by atoms with Gasteiger partial charge in [0.2, 0.25) is 0 Å². The van der Waals surface area contributed by atoms with Crippen molar-refractivity contribution in [1.82, 2.24) is 0 Å². The van der Waals surface area contributed by atoms with Crippen molar-refractivity contribution in [2.45, 2.75) is 13.0 Å². The van der Waals surface area contributed by atoms with Gasteiger partial charge in [0.05, 0.1) is 5.69 Å². The largest absolute Gasteiger partial charge is 0.448 e. The number of carbonyl (C=O) groups excluding carboxylic acids is 2. The zero-order valence-electron chi connectivity index (χ0n) is 10.6. The maximum atomic E-state index is 13.4. The number of rotatable bonds is 4. The molecule has 4 nitrogen and oxygen atoms in total. The van der Waals surface area contributed by atoms with E-state index in [0.717, 1.165) is 0 Å². The summed E-state index contributed by atoms with van der Waals surface area (Å²) in [6.07, 6.45) is -1.01. The summed E-state index contributed by atoms with van der Waals surface area (Å²) in [5.41, 5.74) is 0.0523. The SMILES string of the molecule is CC(OC(=O)c1cccs1)C(=O)Nc1ccccc1F. The number of carbonyl (C=O) groups is 2. The van der Waals surface area contributed by atoms with E-state index >= 15 is 0 Å². The molecule has 0 aliphatic carbocycles. The highest BCUT2D eigenvalue weighted by molar-refractivity contribution is 7.11. The van der Waals surface area contributed by atoms with Gasteiger partial charge in [-0.2, -0.15) is 0 Å². The van der Waals surface area contributed by atoms with E-state index in [2.05, 4.69) is 5.32 Å². The highest BCUT2D eigenvalue weighted by atomic mass is 32.1. The van der Waals surface area contributed by atoms with Crippen molar-refractivity contribution in [2.24, 2.45) is 0 Å². The van der Waals surface area contributed by atoms with Crippen molar-refractivity contribution >= 4 is 28.9 Å². The first-order valence-corrected chi connectivity index (χ1v) is 6.76. The second kappa shape index (κ2) is 6.29. The lowest BCUT2D eigenvalue weighted by Crippen LogP contribution is -2.30. The van der Waals surface area contributed by atoms with Crippen molar-refractivity contribution in [3.63, 3.8) is 0 Å². The van der Waals surface area contributed by atoms with Gasteiger partial charge in [-0.05, 0) is 30.5 Å². The summed E-state index contributed by atoms with van der Waals surface area (Å²) in [4.78, 5) is 23.9. The molecule has 1 amide bonds. The Morgan fingerprint density at radius 1 is 1.25 bits per heavy atom. The van der Waals surface area contributed by atoms with Crippen LogP contribution >= 0.6 is 11.3 Å². The number of hydrogen-bond acceptors (Lipinski definition) is 4. The highest BCUT2D eigenvalue weighted by Crippen LogP contribution is 2.14. The van der Waals surface area contributed by atoms with E-state index in [-0.39, 0.29) is 5.69 Å². The number of ether oxygens (including phenoxy) is 1. The first-order valence-electron chi connectivity index (χ1n) is 5.88. The fraction of sp³-hybridized carbons (Fsp3) is 0.143. The van der Waals surface area contributed by atoms with Crippen molar-refractivity contribution in [1.29, 1.82) is 0 Å². The van der Waals surface area contributed by atoms with Gasteiger partial charge in [0.25, 0.3) is 5.91 Å². The fourth-order valence-corrected chi connectivity index (χ4v) is 2.07. The second-order valence-electron chi connectivity index (χ2n) is 3.99. The fourth-order valence-electron chi connectivity index (χ4n) is 1.46. The second-order valence-corrected chi connectivity index (χ2v) is 4.94. The number of esters is 1. The van der Waals surface area contributed by atoms with Gasteiger partial charge in [0.1, 0.15) is 10.7 Å². The van der Waals surface area contributed by atoms with Crippen molar-refractivity contribution in [3.8, 4) is 0 Å². The van der Waals surface area contributed by atoms with E-state index in [0.29, 0.717) is 4.88 Å². The third-order valence-electron chi connectivity index (χ3n) is 2.51. The minimum atomic E-state index is -1.01. The van der Waals surface area contributed by atoms with E-state index in [9.17, 15) is 14.0 Å². The van der Waals surface area contributed by atoms with Gasteiger partial charge in [-0.1, -0.05) is 18.2 Å².